The second kappa shape index (κ2) is 12.9. The zero-order valence-electron chi connectivity index (χ0n) is 23.4. The molecule has 2 atom stereocenters. The zero-order valence-corrected chi connectivity index (χ0v) is 23.4. The maximum atomic E-state index is 13.6. The molecule has 1 aliphatic rings. The molecule has 1 unspecified atom stereocenters. The molecule has 9 nitrogen and oxygen atoms in total. The Morgan fingerprint density at radius 3 is 2.74 bits per heavy atom. The number of ether oxygens (including phenoxy) is 2. The van der Waals surface area contributed by atoms with Crippen molar-refractivity contribution in [3.63, 3.8) is 0 Å². The first-order chi connectivity index (χ1) is 18.5. The number of nitrogens with zero attached hydrogens (tertiary/aromatic N) is 5. The van der Waals surface area contributed by atoms with Gasteiger partial charge in [0.15, 0.2) is 0 Å². The summed E-state index contributed by atoms with van der Waals surface area (Å²) in [4.78, 5) is 29.4. The zero-order chi connectivity index (χ0) is 27.1. The van der Waals surface area contributed by atoms with Crippen LogP contribution in [0.5, 0.6) is 11.6 Å². The van der Waals surface area contributed by atoms with Gasteiger partial charge in [-0.3, -0.25) is 4.98 Å². The van der Waals surface area contributed by atoms with Crippen LogP contribution in [0.3, 0.4) is 0 Å². The molecule has 38 heavy (non-hydrogen) atoms. The van der Waals surface area contributed by atoms with Crippen molar-refractivity contribution in [2.45, 2.75) is 84.7 Å². The summed E-state index contributed by atoms with van der Waals surface area (Å²) in [6, 6.07) is 1.84. The van der Waals surface area contributed by atoms with Crippen molar-refractivity contribution in [1.29, 1.82) is 0 Å². The van der Waals surface area contributed by atoms with Gasteiger partial charge in [0.05, 0.1) is 37.3 Å². The number of hydrogen-bond acceptors (Lipinski definition) is 6. The Balaban J connectivity index is 1.73. The first kappa shape index (κ1) is 27.7. The van der Waals surface area contributed by atoms with Crippen LogP contribution in [0.15, 0.2) is 30.9 Å². The van der Waals surface area contributed by atoms with Crippen LogP contribution in [-0.4, -0.2) is 56.6 Å². The lowest BCUT2D eigenvalue weighted by molar-refractivity contribution is 0.174. The highest BCUT2D eigenvalue weighted by atomic mass is 16.5. The molecule has 0 aliphatic carbocycles. The van der Waals surface area contributed by atoms with Gasteiger partial charge in [0.2, 0.25) is 5.65 Å². The van der Waals surface area contributed by atoms with Crippen LogP contribution in [0.4, 0.5) is 4.79 Å². The Morgan fingerprint density at radius 2 is 2.00 bits per heavy atom. The fourth-order valence-electron chi connectivity index (χ4n) is 5.30. The molecular weight excluding hydrogens is 480 g/mol. The smallest absolute Gasteiger partial charge is 0.318 e. The van der Waals surface area contributed by atoms with Crippen LogP contribution in [0, 0.1) is 5.92 Å². The van der Waals surface area contributed by atoms with Gasteiger partial charge in [-0.2, -0.15) is 0 Å². The van der Waals surface area contributed by atoms with E-state index in [-0.39, 0.29) is 18.1 Å². The second-order valence-electron chi connectivity index (χ2n) is 10.1. The van der Waals surface area contributed by atoms with Crippen molar-refractivity contribution in [3.8, 4) is 22.9 Å². The minimum atomic E-state index is -0.234. The minimum absolute atomic E-state index is 0.0389. The van der Waals surface area contributed by atoms with E-state index in [4.69, 9.17) is 14.5 Å². The molecule has 4 rings (SSSR count). The van der Waals surface area contributed by atoms with Gasteiger partial charge in [-0.1, -0.05) is 33.1 Å². The summed E-state index contributed by atoms with van der Waals surface area (Å²) in [5.41, 5.74) is 2.94. The van der Waals surface area contributed by atoms with Crippen LogP contribution >= 0.6 is 0 Å². The van der Waals surface area contributed by atoms with Gasteiger partial charge in [-0.25, -0.2) is 14.8 Å². The van der Waals surface area contributed by atoms with Crippen molar-refractivity contribution in [1.82, 2.24) is 29.6 Å². The molecular formula is C29H42N6O3. The van der Waals surface area contributed by atoms with Crippen LogP contribution in [0.25, 0.3) is 16.9 Å². The van der Waals surface area contributed by atoms with Crippen LogP contribution in [0.2, 0.25) is 0 Å². The molecule has 9 heteroatoms. The van der Waals surface area contributed by atoms with Gasteiger partial charge in [0, 0.05) is 36.7 Å². The molecule has 0 saturated carbocycles. The van der Waals surface area contributed by atoms with E-state index in [2.05, 4.69) is 29.1 Å². The molecule has 1 aliphatic heterocycles. The number of imidazole rings is 1. The summed E-state index contributed by atoms with van der Waals surface area (Å²) in [5, 5.41) is 3.38. The number of carbonyl (C=O) groups is 1. The molecule has 3 aromatic heterocycles. The molecule has 2 amide bonds. The lowest BCUT2D eigenvalue weighted by Crippen LogP contribution is -2.46. The van der Waals surface area contributed by atoms with E-state index in [9.17, 15) is 4.79 Å². The Kier molecular flexibility index (Phi) is 9.42. The third-order valence-electron chi connectivity index (χ3n) is 7.76. The number of fused-ring (bicyclic) bond motifs is 7. The molecule has 0 spiro atoms. The first-order valence-electron chi connectivity index (χ1n) is 14.1. The van der Waals surface area contributed by atoms with E-state index < -0.39 is 0 Å². The molecule has 206 valence electrons. The molecule has 4 heterocycles. The van der Waals surface area contributed by atoms with E-state index >= 15 is 0 Å². The predicted molar refractivity (Wildman–Crippen MR) is 149 cm³/mol. The van der Waals surface area contributed by atoms with E-state index in [1.54, 1.807) is 19.5 Å². The molecule has 4 bridgehead atoms. The topological polar surface area (TPSA) is 93.9 Å². The fraction of sp³-hybridized carbons (Fsp3) is 0.586. The SMILES string of the molecule is CCC(CC)CC1CCCCCOc2nc(cn3ccnc23)-c2cc(ncc2OC)[C@@H](C)N(CC)C(=O)N1. The van der Waals surface area contributed by atoms with Gasteiger partial charge in [-0.05, 0) is 51.5 Å². The summed E-state index contributed by atoms with van der Waals surface area (Å²) >= 11 is 0. The standard InChI is InChI=1S/C29H42N6O3/c1-6-21(7-2)16-22-12-10-9-11-15-38-28-27-30-13-14-34(27)19-25(33-28)23-17-24(31-18-26(23)37-5)20(4)35(8-3)29(36)32-22/h13-14,17-22H,6-12,15-16H2,1-5H3,(H,32,36)/t20-,22?/m1/s1. The van der Waals surface area contributed by atoms with E-state index in [0.29, 0.717) is 42.0 Å². The van der Waals surface area contributed by atoms with E-state index in [1.807, 2.05) is 41.6 Å². The maximum absolute atomic E-state index is 13.6. The molecule has 0 radical (unpaired) electrons. The van der Waals surface area contributed by atoms with Crippen molar-refractivity contribution in [3.05, 3.63) is 36.5 Å². The maximum Gasteiger partial charge on any atom is 0.318 e. The Labute approximate surface area is 226 Å². The normalized spacial score (nSPS) is 19.2. The van der Waals surface area contributed by atoms with Crippen molar-refractivity contribution in [2.24, 2.45) is 5.92 Å². The molecule has 0 saturated heterocycles. The molecule has 1 N–H and O–H groups in total. The van der Waals surface area contributed by atoms with Gasteiger partial charge >= 0.3 is 6.03 Å². The Bertz CT molecular complexity index is 1210. The van der Waals surface area contributed by atoms with Crippen molar-refractivity contribution >= 4 is 11.7 Å². The fourth-order valence-corrected chi connectivity index (χ4v) is 5.30. The molecule has 0 aromatic carbocycles. The highest BCUT2D eigenvalue weighted by Crippen LogP contribution is 2.33. The van der Waals surface area contributed by atoms with Crippen LogP contribution in [0.1, 0.15) is 84.4 Å². The second-order valence-corrected chi connectivity index (χ2v) is 10.1. The molecule has 0 fully saturated rings. The number of hydrogen-bond donors (Lipinski definition) is 1. The van der Waals surface area contributed by atoms with Crippen molar-refractivity contribution in [2.75, 3.05) is 20.3 Å². The summed E-state index contributed by atoms with van der Waals surface area (Å²) in [5.74, 6) is 1.71. The lowest BCUT2D eigenvalue weighted by atomic mass is 9.92. The highest BCUT2D eigenvalue weighted by Gasteiger charge is 2.26. The van der Waals surface area contributed by atoms with E-state index in [0.717, 1.165) is 56.2 Å². The minimum Gasteiger partial charge on any atom is -0.494 e. The van der Waals surface area contributed by atoms with Crippen LogP contribution < -0.4 is 14.8 Å². The van der Waals surface area contributed by atoms with Gasteiger partial charge < -0.3 is 24.1 Å². The van der Waals surface area contributed by atoms with Crippen LogP contribution in [-0.2, 0) is 0 Å². The summed E-state index contributed by atoms with van der Waals surface area (Å²) < 4.78 is 13.7. The number of nitrogens with one attached hydrogen (secondary N) is 1. The van der Waals surface area contributed by atoms with Gasteiger partial charge in [0.1, 0.15) is 5.75 Å². The van der Waals surface area contributed by atoms with Gasteiger partial charge in [0.25, 0.3) is 5.88 Å². The number of carbonyl (C=O) groups excluding carboxylic acids is 1. The average Bonchev–Trinajstić information content (AvgIpc) is 3.41. The third kappa shape index (κ3) is 6.19. The number of amides is 2. The highest BCUT2D eigenvalue weighted by molar-refractivity contribution is 5.75. The monoisotopic (exact) mass is 522 g/mol. The van der Waals surface area contributed by atoms with E-state index in [1.165, 1.54) is 0 Å². The number of aromatic nitrogens is 4. The summed E-state index contributed by atoms with van der Waals surface area (Å²) in [6.45, 7) is 9.63. The number of pyridine rings is 1. The Hall–Kier alpha value is -3.36. The lowest BCUT2D eigenvalue weighted by Gasteiger charge is -2.31. The van der Waals surface area contributed by atoms with Gasteiger partial charge in [-0.15, -0.1) is 0 Å². The third-order valence-corrected chi connectivity index (χ3v) is 7.76. The molecule has 3 aromatic rings. The number of urea groups is 1. The van der Waals surface area contributed by atoms with Crippen molar-refractivity contribution < 1.29 is 14.3 Å². The predicted octanol–water partition coefficient (Wildman–Crippen LogP) is 6.04. The number of rotatable bonds is 6. The Morgan fingerprint density at radius 1 is 1.18 bits per heavy atom. The average molecular weight is 523 g/mol. The first-order valence-corrected chi connectivity index (χ1v) is 14.1. The quantitative estimate of drug-likeness (QED) is 0.424. The summed E-state index contributed by atoms with van der Waals surface area (Å²) in [6.07, 6.45) is 14.4. The largest absolute Gasteiger partial charge is 0.494 e. The summed E-state index contributed by atoms with van der Waals surface area (Å²) in [7, 11) is 1.62. The number of methoxy groups -OCH3 is 1.